The highest BCUT2D eigenvalue weighted by Crippen LogP contribution is 2.21. The number of amides is 1. The van der Waals surface area contributed by atoms with E-state index in [1.165, 1.54) is 12.1 Å². The summed E-state index contributed by atoms with van der Waals surface area (Å²) < 4.78 is 19.2. The minimum absolute atomic E-state index is 0.0643. The van der Waals surface area contributed by atoms with Crippen LogP contribution in [0.4, 0.5) is 10.1 Å². The van der Waals surface area contributed by atoms with Crippen molar-refractivity contribution in [2.75, 3.05) is 11.9 Å². The molecule has 1 aromatic rings. The first-order valence-electron chi connectivity index (χ1n) is 6.57. The molecule has 1 unspecified atom stereocenters. The lowest BCUT2D eigenvalue weighted by Crippen LogP contribution is -2.26. The zero-order chi connectivity index (χ0) is 14.5. The molecule has 6 heteroatoms. The zero-order valence-corrected chi connectivity index (χ0v) is 11.8. The number of rotatable bonds is 4. The molecule has 0 aromatic heterocycles. The minimum Gasteiger partial charge on any atom is -0.389 e. The van der Waals surface area contributed by atoms with Gasteiger partial charge in [0.15, 0.2) is 0 Å². The number of carbonyl (C=O) groups is 1. The summed E-state index contributed by atoms with van der Waals surface area (Å²) in [6.45, 7) is 0.691. The van der Waals surface area contributed by atoms with Crippen molar-refractivity contribution in [1.29, 1.82) is 0 Å². The van der Waals surface area contributed by atoms with E-state index >= 15 is 0 Å². The summed E-state index contributed by atoms with van der Waals surface area (Å²) in [7, 11) is 0. The standard InChI is InChI=1S/C14H17FN2O2S/c15-10-5-3-6-11(13(10)14(16)20)17-12(18)8-9-4-1-2-7-19-9/h3,5-6,9H,1-2,4,7-8H2,(H2,16,20)(H,17,18). The molecule has 4 nitrogen and oxygen atoms in total. The van der Waals surface area contributed by atoms with Gasteiger partial charge in [-0.3, -0.25) is 4.79 Å². The van der Waals surface area contributed by atoms with Gasteiger partial charge in [0, 0.05) is 6.61 Å². The molecule has 1 aliphatic heterocycles. The fourth-order valence-electron chi connectivity index (χ4n) is 2.26. The van der Waals surface area contributed by atoms with E-state index in [4.69, 9.17) is 22.7 Å². The molecule has 3 N–H and O–H groups in total. The average Bonchev–Trinajstić information content (AvgIpc) is 2.39. The lowest BCUT2D eigenvalue weighted by Gasteiger charge is -2.22. The van der Waals surface area contributed by atoms with Crippen molar-refractivity contribution in [2.45, 2.75) is 31.8 Å². The molecule has 2 rings (SSSR count). The van der Waals surface area contributed by atoms with Crippen molar-refractivity contribution < 1.29 is 13.9 Å². The molecule has 1 atom stereocenters. The van der Waals surface area contributed by atoms with Crippen LogP contribution in [0.15, 0.2) is 18.2 Å². The molecule has 1 aliphatic rings. The van der Waals surface area contributed by atoms with Gasteiger partial charge in [-0.15, -0.1) is 0 Å². The van der Waals surface area contributed by atoms with Gasteiger partial charge in [-0.2, -0.15) is 0 Å². The van der Waals surface area contributed by atoms with Gasteiger partial charge in [0.25, 0.3) is 0 Å². The number of halogens is 1. The first-order chi connectivity index (χ1) is 9.58. The van der Waals surface area contributed by atoms with E-state index in [9.17, 15) is 9.18 Å². The number of hydrogen-bond donors (Lipinski definition) is 2. The van der Waals surface area contributed by atoms with E-state index in [0.717, 1.165) is 19.3 Å². The molecule has 0 bridgehead atoms. The highest BCUT2D eigenvalue weighted by atomic mass is 32.1. The molecule has 1 fully saturated rings. The van der Waals surface area contributed by atoms with Crippen molar-refractivity contribution in [1.82, 2.24) is 0 Å². The van der Waals surface area contributed by atoms with Crippen LogP contribution in [0.5, 0.6) is 0 Å². The van der Waals surface area contributed by atoms with E-state index in [1.54, 1.807) is 6.07 Å². The SMILES string of the molecule is NC(=S)c1c(F)cccc1NC(=O)CC1CCCCO1. The maximum absolute atomic E-state index is 13.7. The Hall–Kier alpha value is -1.53. The fraction of sp³-hybridized carbons (Fsp3) is 0.429. The second-order valence-corrected chi connectivity index (χ2v) is 5.21. The smallest absolute Gasteiger partial charge is 0.227 e. The van der Waals surface area contributed by atoms with E-state index < -0.39 is 5.82 Å². The largest absolute Gasteiger partial charge is 0.389 e. The molecule has 1 saturated heterocycles. The molecule has 20 heavy (non-hydrogen) atoms. The lowest BCUT2D eigenvalue weighted by atomic mass is 10.1. The first kappa shape index (κ1) is 14.9. The molecule has 1 heterocycles. The van der Waals surface area contributed by atoms with Crippen molar-refractivity contribution in [3.63, 3.8) is 0 Å². The third kappa shape index (κ3) is 3.74. The number of hydrogen-bond acceptors (Lipinski definition) is 3. The molecule has 0 spiro atoms. The topological polar surface area (TPSA) is 64.3 Å². The number of benzene rings is 1. The quantitative estimate of drug-likeness (QED) is 0.837. The number of ether oxygens (including phenoxy) is 1. The predicted octanol–water partition coefficient (Wildman–Crippen LogP) is 2.36. The van der Waals surface area contributed by atoms with Crippen LogP contribution < -0.4 is 11.1 Å². The molecule has 0 aliphatic carbocycles. The number of carbonyl (C=O) groups excluding carboxylic acids is 1. The molecule has 0 saturated carbocycles. The average molecular weight is 296 g/mol. The normalized spacial score (nSPS) is 18.6. The van der Waals surface area contributed by atoms with Gasteiger partial charge in [0.2, 0.25) is 5.91 Å². The van der Waals surface area contributed by atoms with Gasteiger partial charge in [-0.1, -0.05) is 18.3 Å². The summed E-state index contributed by atoms with van der Waals surface area (Å²) >= 11 is 4.81. The molecule has 1 aromatic carbocycles. The Bertz CT molecular complexity index is 516. The van der Waals surface area contributed by atoms with Crippen LogP contribution in [0, 0.1) is 5.82 Å². The Morgan fingerprint density at radius 1 is 1.50 bits per heavy atom. The van der Waals surface area contributed by atoms with Crippen LogP contribution in [0.3, 0.4) is 0 Å². The van der Waals surface area contributed by atoms with Crippen LogP contribution >= 0.6 is 12.2 Å². The van der Waals surface area contributed by atoms with E-state index in [0.29, 0.717) is 12.3 Å². The first-order valence-corrected chi connectivity index (χ1v) is 6.98. The van der Waals surface area contributed by atoms with E-state index in [2.05, 4.69) is 5.32 Å². The summed E-state index contributed by atoms with van der Waals surface area (Å²) in [5.41, 5.74) is 5.86. The molecular weight excluding hydrogens is 279 g/mol. The Morgan fingerprint density at radius 2 is 2.30 bits per heavy atom. The Labute approximate surface area is 122 Å². The molecular formula is C14H17FN2O2S. The summed E-state index contributed by atoms with van der Waals surface area (Å²) in [5, 5.41) is 2.65. The van der Waals surface area contributed by atoms with Crippen molar-refractivity contribution >= 4 is 28.8 Å². The van der Waals surface area contributed by atoms with Crippen LogP contribution in [0.25, 0.3) is 0 Å². The summed E-state index contributed by atoms with van der Waals surface area (Å²) in [6.07, 6.45) is 3.17. The predicted molar refractivity (Wildman–Crippen MR) is 79.1 cm³/mol. The number of thiocarbonyl (C=S) groups is 1. The maximum Gasteiger partial charge on any atom is 0.227 e. The van der Waals surface area contributed by atoms with Crippen LogP contribution in [0.1, 0.15) is 31.2 Å². The highest BCUT2D eigenvalue weighted by Gasteiger charge is 2.19. The van der Waals surface area contributed by atoms with Crippen molar-refractivity contribution in [3.8, 4) is 0 Å². The number of nitrogens with two attached hydrogens (primary N) is 1. The van der Waals surface area contributed by atoms with Gasteiger partial charge in [0.05, 0.1) is 23.8 Å². The van der Waals surface area contributed by atoms with E-state index in [-0.39, 0.29) is 29.0 Å². The van der Waals surface area contributed by atoms with Crippen molar-refractivity contribution in [2.24, 2.45) is 5.73 Å². The van der Waals surface area contributed by atoms with E-state index in [1.807, 2.05) is 0 Å². The number of nitrogens with one attached hydrogen (secondary N) is 1. The van der Waals surface area contributed by atoms with Gasteiger partial charge >= 0.3 is 0 Å². The number of anilines is 1. The monoisotopic (exact) mass is 296 g/mol. The lowest BCUT2D eigenvalue weighted by molar-refractivity contribution is -0.119. The Morgan fingerprint density at radius 3 is 2.95 bits per heavy atom. The fourth-order valence-corrected chi connectivity index (χ4v) is 2.46. The third-order valence-electron chi connectivity index (χ3n) is 3.22. The summed E-state index contributed by atoms with van der Waals surface area (Å²) in [4.78, 5) is 11.9. The molecule has 0 radical (unpaired) electrons. The Balaban J connectivity index is 2.04. The minimum atomic E-state index is -0.538. The third-order valence-corrected chi connectivity index (χ3v) is 3.43. The Kier molecular flexibility index (Phi) is 5.03. The second kappa shape index (κ2) is 6.76. The van der Waals surface area contributed by atoms with Crippen LogP contribution in [-0.4, -0.2) is 23.6 Å². The zero-order valence-electron chi connectivity index (χ0n) is 11.0. The van der Waals surface area contributed by atoms with Gasteiger partial charge in [-0.05, 0) is 31.4 Å². The van der Waals surface area contributed by atoms with Gasteiger partial charge in [-0.25, -0.2) is 4.39 Å². The molecule has 108 valence electrons. The van der Waals surface area contributed by atoms with Gasteiger partial charge in [0.1, 0.15) is 10.8 Å². The van der Waals surface area contributed by atoms with Crippen molar-refractivity contribution in [3.05, 3.63) is 29.6 Å². The second-order valence-electron chi connectivity index (χ2n) is 4.77. The highest BCUT2D eigenvalue weighted by molar-refractivity contribution is 7.80. The van der Waals surface area contributed by atoms with Crippen LogP contribution in [0.2, 0.25) is 0 Å². The van der Waals surface area contributed by atoms with Crippen LogP contribution in [-0.2, 0) is 9.53 Å². The van der Waals surface area contributed by atoms with Gasteiger partial charge < -0.3 is 15.8 Å². The molecule has 1 amide bonds. The summed E-state index contributed by atoms with van der Waals surface area (Å²) in [6, 6.07) is 4.34. The summed E-state index contributed by atoms with van der Waals surface area (Å²) in [5.74, 6) is -0.760. The maximum atomic E-state index is 13.7.